The summed E-state index contributed by atoms with van der Waals surface area (Å²) in [6.07, 6.45) is 1.10. The second kappa shape index (κ2) is 5.12. The van der Waals surface area contributed by atoms with Gasteiger partial charge in [-0.05, 0) is 31.4 Å². The molecule has 116 valence electrons. The lowest BCUT2D eigenvalue weighted by Gasteiger charge is -2.12. The first-order valence-corrected chi connectivity index (χ1v) is 7.27. The lowest BCUT2D eigenvalue weighted by atomic mass is 10.1. The van der Waals surface area contributed by atoms with E-state index in [2.05, 4.69) is 10.3 Å². The Hall–Kier alpha value is -2.37. The first-order chi connectivity index (χ1) is 10.5. The van der Waals surface area contributed by atoms with Crippen molar-refractivity contribution in [3.05, 3.63) is 29.6 Å². The van der Waals surface area contributed by atoms with Gasteiger partial charge in [-0.1, -0.05) is 12.1 Å². The van der Waals surface area contributed by atoms with Gasteiger partial charge in [0.25, 0.3) is 0 Å². The molecule has 0 radical (unpaired) electrons. The number of imidazole rings is 1. The number of methoxy groups -OCH3 is 1. The number of amides is 1. The van der Waals surface area contributed by atoms with Gasteiger partial charge in [-0.25, -0.2) is 4.98 Å². The molecule has 6 nitrogen and oxygen atoms in total. The van der Waals surface area contributed by atoms with Crippen LogP contribution in [0.5, 0.6) is 0 Å². The largest absolute Gasteiger partial charge is 0.468 e. The molecule has 1 aliphatic carbocycles. The number of carbonyl (C=O) groups is 2. The second-order valence-electron chi connectivity index (χ2n) is 5.79. The molecule has 1 aliphatic rings. The van der Waals surface area contributed by atoms with Crippen LogP contribution in [0.2, 0.25) is 0 Å². The van der Waals surface area contributed by atoms with Gasteiger partial charge in [-0.15, -0.1) is 0 Å². The van der Waals surface area contributed by atoms with E-state index in [4.69, 9.17) is 4.74 Å². The number of hydrogen-bond acceptors (Lipinski definition) is 4. The van der Waals surface area contributed by atoms with E-state index >= 15 is 0 Å². The molecule has 1 aromatic heterocycles. The molecule has 3 rings (SSSR count). The molecule has 1 N–H and O–H groups in total. The normalized spacial score (nSPS) is 15.6. The maximum absolute atomic E-state index is 12.2. The molecule has 1 heterocycles. The zero-order chi connectivity index (χ0) is 15.9. The predicted molar refractivity (Wildman–Crippen MR) is 81.0 cm³/mol. The highest BCUT2D eigenvalue weighted by molar-refractivity contribution is 6.05. The fourth-order valence-corrected chi connectivity index (χ4v) is 2.84. The van der Waals surface area contributed by atoms with Crippen LogP contribution in [-0.2, 0) is 27.9 Å². The molecule has 0 spiro atoms. The van der Waals surface area contributed by atoms with Crippen LogP contribution in [-0.4, -0.2) is 28.5 Å². The maximum Gasteiger partial charge on any atom is 0.321 e. The third-order valence-electron chi connectivity index (χ3n) is 4.36. The number of nitrogens with one attached hydrogen (secondary N) is 1. The van der Waals surface area contributed by atoms with Crippen molar-refractivity contribution >= 4 is 22.9 Å². The zero-order valence-corrected chi connectivity index (χ0v) is 13.0. The van der Waals surface area contributed by atoms with Crippen LogP contribution < -0.4 is 5.32 Å². The number of aryl methyl sites for hydroxylation is 2. The van der Waals surface area contributed by atoms with Crippen LogP contribution in [0.3, 0.4) is 0 Å². The number of carbonyl (C=O) groups excluding carboxylic acids is 2. The van der Waals surface area contributed by atoms with Crippen LogP contribution in [0.15, 0.2) is 18.2 Å². The van der Waals surface area contributed by atoms with Gasteiger partial charge in [0, 0.05) is 7.05 Å². The van der Waals surface area contributed by atoms with E-state index in [1.165, 1.54) is 7.11 Å². The monoisotopic (exact) mass is 301 g/mol. The van der Waals surface area contributed by atoms with Gasteiger partial charge in [0.1, 0.15) is 11.2 Å². The summed E-state index contributed by atoms with van der Waals surface area (Å²) in [6, 6.07) is 5.94. The van der Waals surface area contributed by atoms with Gasteiger partial charge in [0.15, 0.2) is 0 Å². The van der Waals surface area contributed by atoms with E-state index in [9.17, 15) is 9.59 Å². The first kappa shape index (κ1) is 14.6. The molecule has 0 aliphatic heterocycles. The minimum atomic E-state index is -0.977. The van der Waals surface area contributed by atoms with E-state index in [1.54, 1.807) is 0 Å². The van der Waals surface area contributed by atoms with Crippen molar-refractivity contribution in [3.8, 4) is 0 Å². The third kappa shape index (κ3) is 2.15. The lowest BCUT2D eigenvalue weighted by molar-refractivity contribution is -0.152. The summed E-state index contributed by atoms with van der Waals surface area (Å²) in [7, 11) is 3.24. The molecule has 0 bridgehead atoms. The van der Waals surface area contributed by atoms with Gasteiger partial charge >= 0.3 is 5.97 Å². The molecule has 0 saturated heterocycles. The van der Waals surface area contributed by atoms with Gasteiger partial charge < -0.3 is 14.6 Å². The molecule has 22 heavy (non-hydrogen) atoms. The van der Waals surface area contributed by atoms with Crippen molar-refractivity contribution in [2.75, 3.05) is 7.11 Å². The lowest BCUT2D eigenvalue weighted by Crippen LogP contribution is -2.37. The summed E-state index contributed by atoms with van der Waals surface area (Å²) in [4.78, 5) is 28.5. The molecule has 6 heteroatoms. The summed E-state index contributed by atoms with van der Waals surface area (Å²) in [5.41, 5.74) is 2.12. The van der Waals surface area contributed by atoms with Crippen molar-refractivity contribution in [2.45, 2.75) is 26.3 Å². The quantitative estimate of drug-likeness (QED) is 0.685. The van der Waals surface area contributed by atoms with Gasteiger partial charge in [-0.2, -0.15) is 0 Å². The Morgan fingerprint density at radius 3 is 2.73 bits per heavy atom. The van der Waals surface area contributed by atoms with Crippen LogP contribution >= 0.6 is 0 Å². The van der Waals surface area contributed by atoms with E-state index in [0.29, 0.717) is 19.4 Å². The van der Waals surface area contributed by atoms with Crippen molar-refractivity contribution in [3.63, 3.8) is 0 Å². The Balaban J connectivity index is 1.78. The van der Waals surface area contributed by atoms with Gasteiger partial charge in [0.2, 0.25) is 5.91 Å². The number of ether oxygens (including phenoxy) is 1. The molecule has 1 aromatic carbocycles. The van der Waals surface area contributed by atoms with Crippen molar-refractivity contribution in [1.82, 2.24) is 14.9 Å². The minimum absolute atomic E-state index is 0.275. The Bertz CT molecular complexity index is 759. The van der Waals surface area contributed by atoms with Crippen molar-refractivity contribution in [2.24, 2.45) is 12.5 Å². The number of fused-ring (bicyclic) bond motifs is 1. The van der Waals surface area contributed by atoms with E-state index in [-0.39, 0.29) is 5.91 Å². The Labute approximate surface area is 128 Å². The van der Waals surface area contributed by atoms with Crippen molar-refractivity contribution in [1.29, 1.82) is 0 Å². The molecule has 0 atom stereocenters. The number of rotatable bonds is 4. The molecule has 1 saturated carbocycles. The number of hydrogen-bond donors (Lipinski definition) is 1. The van der Waals surface area contributed by atoms with Crippen LogP contribution in [0.25, 0.3) is 11.0 Å². The highest BCUT2D eigenvalue weighted by Gasteiger charge is 2.57. The molecule has 2 aromatic rings. The molecule has 1 amide bonds. The topological polar surface area (TPSA) is 73.2 Å². The fraction of sp³-hybridized carbons (Fsp3) is 0.438. The number of aromatic nitrogens is 2. The average Bonchev–Trinajstić information content (AvgIpc) is 3.25. The molecule has 0 unspecified atom stereocenters. The molecule has 1 fully saturated rings. The second-order valence-corrected chi connectivity index (χ2v) is 5.79. The summed E-state index contributed by atoms with van der Waals surface area (Å²) in [5.74, 6) is 0.0345. The Morgan fingerprint density at radius 1 is 1.41 bits per heavy atom. The summed E-state index contributed by atoms with van der Waals surface area (Å²) in [6.45, 7) is 2.32. The highest BCUT2D eigenvalue weighted by Crippen LogP contribution is 2.46. The van der Waals surface area contributed by atoms with Crippen LogP contribution in [0, 0.1) is 12.3 Å². The average molecular weight is 301 g/mol. The SMILES string of the molecule is COC(=O)C1(C(=O)NCc2nc3cccc(C)c3n2C)CC1. The molecular formula is C16H19N3O3. The summed E-state index contributed by atoms with van der Waals surface area (Å²) in [5, 5.41) is 2.82. The number of esters is 1. The first-order valence-electron chi connectivity index (χ1n) is 7.27. The van der Waals surface area contributed by atoms with E-state index in [1.807, 2.05) is 36.7 Å². The Kier molecular flexibility index (Phi) is 3.39. The van der Waals surface area contributed by atoms with E-state index < -0.39 is 11.4 Å². The minimum Gasteiger partial charge on any atom is -0.468 e. The third-order valence-corrected chi connectivity index (χ3v) is 4.36. The zero-order valence-electron chi connectivity index (χ0n) is 13.0. The van der Waals surface area contributed by atoms with Gasteiger partial charge in [0.05, 0.1) is 24.7 Å². The fourth-order valence-electron chi connectivity index (χ4n) is 2.84. The maximum atomic E-state index is 12.2. The highest BCUT2D eigenvalue weighted by atomic mass is 16.5. The Morgan fingerprint density at radius 2 is 2.14 bits per heavy atom. The van der Waals surface area contributed by atoms with Crippen molar-refractivity contribution < 1.29 is 14.3 Å². The number of para-hydroxylation sites is 1. The predicted octanol–water partition coefficient (Wildman–Crippen LogP) is 1.45. The smallest absolute Gasteiger partial charge is 0.321 e. The van der Waals surface area contributed by atoms with E-state index in [0.717, 1.165) is 22.4 Å². The summed E-state index contributed by atoms with van der Waals surface area (Å²) >= 11 is 0. The molecular weight excluding hydrogens is 282 g/mol. The number of nitrogens with zero attached hydrogens (tertiary/aromatic N) is 2. The standard InChI is InChI=1S/C16H19N3O3/c1-10-5-4-6-11-13(10)19(2)12(18-11)9-17-14(20)16(7-8-16)15(21)22-3/h4-6H,7-9H2,1-3H3,(H,17,20). The van der Waals surface area contributed by atoms with Crippen LogP contribution in [0.4, 0.5) is 0 Å². The number of benzene rings is 1. The van der Waals surface area contributed by atoms with Gasteiger partial charge in [-0.3, -0.25) is 9.59 Å². The van der Waals surface area contributed by atoms with Crippen LogP contribution in [0.1, 0.15) is 24.2 Å². The summed E-state index contributed by atoms with van der Waals surface area (Å²) < 4.78 is 6.69.